The van der Waals surface area contributed by atoms with Crippen LogP contribution in [-0.2, 0) is 17.9 Å². The minimum Gasteiger partial charge on any atom is -0.394 e. The summed E-state index contributed by atoms with van der Waals surface area (Å²) < 4.78 is 1.08. The second-order valence-corrected chi connectivity index (χ2v) is 6.75. The van der Waals surface area contributed by atoms with Crippen molar-refractivity contribution in [1.82, 2.24) is 19.9 Å². The summed E-state index contributed by atoms with van der Waals surface area (Å²) >= 11 is 1.55. The van der Waals surface area contributed by atoms with Crippen LogP contribution in [0.3, 0.4) is 0 Å². The first-order valence-corrected chi connectivity index (χ1v) is 9.32. The minimum atomic E-state index is -0.350. The number of aromatic nitrogens is 3. The Hall–Kier alpha value is -2.58. The number of nitrogens with zero attached hydrogens (tertiary/aromatic N) is 4. The van der Waals surface area contributed by atoms with Gasteiger partial charge in [0.1, 0.15) is 12.1 Å². The van der Waals surface area contributed by atoms with Crippen molar-refractivity contribution in [2.24, 2.45) is 0 Å². The van der Waals surface area contributed by atoms with E-state index in [1.54, 1.807) is 40.5 Å². The van der Waals surface area contributed by atoms with Gasteiger partial charge in [0.2, 0.25) is 5.91 Å². The second-order valence-electron chi connectivity index (χ2n) is 5.97. The van der Waals surface area contributed by atoms with E-state index < -0.39 is 0 Å². The normalized spacial score (nSPS) is 12.2. The van der Waals surface area contributed by atoms with Crippen LogP contribution in [0.15, 0.2) is 45.9 Å². The van der Waals surface area contributed by atoms with Crippen molar-refractivity contribution in [3.63, 3.8) is 0 Å². The lowest BCUT2D eigenvalue weighted by Gasteiger charge is -2.29. The van der Waals surface area contributed by atoms with E-state index in [0.29, 0.717) is 23.9 Å². The van der Waals surface area contributed by atoms with Gasteiger partial charge in [-0.1, -0.05) is 24.3 Å². The summed E-state index contributed by atoms with van der Waals surface area (Å²) in [4.78, 5) is 27.0. The molecule has 0 saturated heterocycles. The number of rotatable bonds is 7. The number of aliphatic hydroxyl groups excluding tert-OH is 1. The van der Waals surface area contributed by atoms with Crippen LogP contribution in [0.2, 0.25) is 0 Å². The van der Waals surface area contributed by atoms with Crippen LogP contribution in [0.4, 0.5) is 0 Å². The summed E-state index contributed by atoms with van der Waals surface area (Å²) in [5.74, 6) is -0.274. The number of hydrogen-bond donors (Lipinski definition) is 1. The number of thiophene rings is 1. The van der Waals surface area contributed by atoms with Gasteiger partial charge < -0.3 is 10.0 Å². The van der Waals surface area contributed by atoms with E-state index in [2.05, 4.69) is 10.3 Å². The molecule has 0 spiro atoms. The molecule has 0 radical (unpaired) electrons. The zero-order chi connectivity index (χ0) is 18.5. The molecule has 0 aliphatic carbocycles. The predicted molar refractivity (Wildman–Crippen MR) is 99.8 cm³/mol. The Bertz CT molecular complexity index is 935. The van der Waals surface area contributed by atoms with Crippen molar-refractivity contribution in [3.05, 3.63) is 57.0 Å². The Balaban J connectivity index is 1.87. The van der Waals surface area contributed by atoms with Crippen molar-refractivity contribution in [2.45, 2.75) is 32.5 Å². The maximum absolute atomic E-state index is 12.9. The summed E-state index contributed by atoms with van der Waals surface area (Å²) in [6.45, 7) is 1.95. The summed E-state index contributed by atoms with van der Waals surface area (Å²) in [5, 5.41) is 21.9. The third-order valence-electron chi connectivity index (χ3n) is 4.29. The summed E-state index contributed by atoms with van der Waals surface area (Å²) in [7, 11) is 0. The summed E-state index contributed by atoms with van der Waals surface area (Å²) in [6, 6.07) is 8.53. The van der Waals surface area contributed by atoms with Crippen LogP contribution in [0.1, 0.15) is 18.9 Å². The van der Waals surface area contributed by atoms with Gasteiger partial charge in [0.05, 0.1) is 18.0 Å². The highest BCUT2D eigenvalue weighted by atomic mass is 32.1. The molecule has 8 heteroatoms. The maximum atomic E-state index is 12.9. The number of amides is 1. The Morgan fingerprint density at radius 3 is 2.85 bits per heavy atom. The molecular weight excluding hydrogens is 352 g/mol. The Morgan fingerprint density at radius 2 is 2.15 bits per heavy atom. The Kier molecular flexibility index (Phi) is 5.75. The van der Waals surface area contributed by atoms with Gasteiger partial charge in [0.25, 0.3) is 5.56 Å². The molecule has 136 valence electrons. The van der Waals surface area contributed by atoms with Gasteiger partial charge in [-0.3, -0.25) is 9.59 Å². The van der Waals surface area contributed by atoms with Gasteiger partial charge in [-0.2, -0.15) is 11.3 Å². The van der Waals surface area contributed by atoms with Crippen LogP contribution >= 0.6 is 11.3 Å². The van der Waals surface area contributed by atoms with Gasteiger partial charge in [0.15, 0.2) is 0 Å². The van der Waals surface area contributed by atoms with Crippen molar-refractivity contribution < 1.29 is 9.90 Å². The third-order valence-corrected chi connectivity index (χ3v) is 5.02. The molecule has 0 saturated carbocycles. The van der Waals surface area contributed by atoms with Crippen LogP contribution in [0.25, 0.3) is 10.9 Å². The van der Waals surface area contributed by atoms with Gasteiger partial charge in [0, 0.05) is 6.54 Å². The zero-order valence-electron chi connectivity index (χ0n) is 14.4. The third kappa shape index (κ3) is 3.81. The first-order chi connectivity index (χ1) is 12.6. The van der Waals surface area contributed by atoms with Gasteiger partial charge >= 0.3 is 0 Å². The lowest BCUT2D eigenvalue weighted by molar-refractivity contribution is -0.136. The first kappa shape index (κ1) is 18.2. The van der Waals surface area contributed by atoms with Crippen LogP contribution in [-0.4, -0.2) is 43.6 Å². The topological polar surface area (TPSA) is 88.3 Å². The molecule has 0 unspecified atom stereocenters. The van der Waals surface area contributed by atoms with Crippen LogP contribution < -0.4 is 5.56 Å². The molecule has 7 nitrogen and oxygen atoms in total. The van der Waals surface area contributed by atoms with Crippen molar-refractivity contribution in [3.8, 4) is 0 Å². The minimum absolute atomic E-state index is 0.134. The number of benzene rings is 1. The Morgan fingerprint density at radius 1 is 1.35 bits per heavy atom. The fourth-order valence-electron chi connectivity index (χ4n) is 2.79. The smallest absolute Gasteiger partial charge is 0.278 e. The molecule has 2 heterocycles. The highest BCUT2D eigenvalue weighted by Gasteiger charge is 2.23. The summed E-state index contributed by atoms with van der Waals surface area (Å²) in [5.41, 5.74) is 1.14. The quantitative estimate of drug-likeness (QED) is 0.681. The van der Waals surface area contributed by atoms with E-state index in [9.17, 15) is 14.7 Å². The number of carbonyl (C=O) groups excluding carboxylic acids is 1. The Labute approximate surface area is 154 Å². The fourth-order valence-corrected chi connectivity index (χ4v) is 3.45. The molecule has 1 aromatic carbocycles. The monoisotopic (exact) mass is 372 g/mol. The van der Waals surface area contributed by atoms with Crippen molar-refractivity contribution in [1.29, 1.82) is 0 Å². The van der Waals surface area contributed by atoms with E-state index >= 15 is 0 Å². The lowest BCUT2D eigenvalue weighted by Crippen LogP contribution is -2.44. The standard InChI is InChI=1S/C18H20N4O3S/c1-2-14(11-23)21(9-13-7-8-26-12-13)17(24)10-22-18(25)15-5-3-4-6-16(15)19-20-22/h3-8,12,14,23H,2,9-11H2,1H3/t14-/m0/s1. The first-order valence-electron chi connectivity index (χ1n) is 8.38. The second kappa shape index (κ2) is 8.20. The molecule has 1 atom stereocenters. The van der Waals surface area contributed by atoms with E-state index in [0.717, 1.165) is 10.2 Å². The number of aliphatic hydroxyl groups is 1. The fraction of sp³-hybridized carbons (Fsp3) is 0.333. The number of carbonyl (C=O) groups is 1. The molecule has 1 amide bonds. The van der Waals surface area contributed by atoms with Crippen molar-refractivity contribution >= 4 is 28.1 Å². The largest absolute Gasteiger partial charge is 0.394 e. The average molecular weight is 372 g/mol. The van der Waals surface area contributed by atoms with E-state index in [-0.39, 0.29) is 30.7 Å². The molecule has 3 aromatic rings. The molecule has 0 fully saturated rings. The maximum Gasteiger partial charge on any atom is 0.278 e. The predicted octanol–water partition coefficient (Wildman–Crippen LogP) is 1.65. The van der Waals surface area contributed by atoms with E-state index in [1.807, 2.05) is 23.8 Å². The van der Waals surface area contributed by atoms with Gasteiger partial charge in [-0.05, 0) is 40.9 Å². The zero-order valence-corrected chi connectivity index (χ0v) is 15.2. The van der Waals surface area contributed by atoms with E-state index in [1.165, 1.54) is 0 Å². The van der Waals surface area contributed by atoms with Crippen LogP contribution in [0.5, 0.6) is 0 Å². The molecule has 0 aliphatic heterocycles. The number of hydrogen-bond acceptors (Lipinski definition) is 6. The molecular formula is C18H20N4O3S. The lowest BCUT2D eigenvalue weighted by atomic mass is 10.1. The number of fused-ring (bicyclic) bond motifs is 1. The molecule has 2 aromatic heterocycles. The molecule has 0 aliphatic rings. The average Bonchev–Trinajstić information content (AvgIpc) is 3.17. The molecule has 26 heavy (non-hydrogen) atoms. The highest BCUT2D eigenvalue weighted by Crippen LogP contribution is 2.14. The molecule has 1 N–H and O–H groups in total. The van der Waals surface area contributed by atoms with Gasteiger partial charge in [-0.25, -0.2) is 4.68 Å². The highest BCUT2D eigenvalue weighted by molar-refractivity contribution is 7.07. The summed E-state index contributed by atoms with van der Waals surface area (Å²) in [6.07, 6.45) is 0.616. The van der Waals surface area contributed by atoms with Gasteiger partial charge in [-0.15, -0.1) is 5.10 Å². The molecule has 3 rings (SSSR count). The SMILES string of the molecule is CC[C@@H](CO)N(Cc1ccsc1)C(=O)Cn1nnc2ccccc2c1=O. The van der Waals surface area contributed by atoms with Crippen molar-refractivity contribution in [2.75, 3.05) is 6.61 Å². The molecule has 0 bridgehead atoms. The van der Waals surface area contributed by atoms with Crippen LogP contribution in [0, 0.1) is 0 Å². The van der Waals surface area contributed by atoms with E-state index in [4.69, 9.17) is 0 Å².